The van der Waals surface area contributed by atoms with E-state index in [-0.39, 0.29) is 6.61 Å². The first-order chi connectivity index (χ1) is 7.25. The molecule has 0 saturated carbocycles. The Morgan fingerprint density at radius 3 is 2.67 bits per heavy atom. The van der Waals surface area contributed by atoms with Gasteiger partial charge < -0.3 is 4.74 Å². The Morgan fingerprint density at radius 1 is 1.40 bits per heavy atom. The molecule has 1 heterocycles. The monoisotopic (exact) mass is 212 g/mol. The highest BCUT2D eigenvalue weighted by Gasteiger charge is 2.24. The number of carbonyl (C=O) groups is 2. The van der Waals surface area contributed by atoms with Crippen molar-refractivity contribution < 1.29 is 19.2 Å². The van der Waals surface area contributed by atoms with Gasteiger partial charge >= 0.3 is 0 Å². The molecule has 0 spiro atoms. The molecule has 6 heteroatoms. The van der Waals surface area contributed by atoms with E-state index >= 15 is 0 Å². The van der Waals surface area contributed by atoms with Gasteiger partial charge in [-0.05, 0) is 6.92 Å². The molecule has 0 saturated heterocycles. The lowest BCUT2D eigenvalue weighted by molar-refractivity contribution is -0.184. The molecule has 15 heavy (non-hydrogen) atoms. The molecule has 1 aliphatic rings. The van der Waals surface area contributed by atoms with Gasteiger partial charge in [0.25, 0.3) is 11.8 Å². The van der Waals surface area contributed by atoms with Gasteiger partial charge in [0.1, 0.15) is 0 Å². The number of hydrogen-bond donors (Lipinski definition) is 0. The zero-order valence-electron chi connectivity index (χ0n) is 8.38. The van der Waals surface area contributed by atoms with Crippen LogP contribution in [0.25, 0.3) is 0 Å². The second kappa shape index (κ2) is 5.92. The first-order valence-electron chi connectivity index (χ1n) is 4.54. The van der Waals surface area contributed by atoms with Gasteiger partial charge in [-0.25, -0.2) is 0 Å². The first kappa shape index (κ1) is 11.4. The van der Waals surface area contributed by atoms with Crippen LogP contribution in [0.4, 0.5) is 0 Å². The minimum Gasteiger partial charge on any atom is -0.484 e. The number of hydroxylamine groups is 2. The van der Waals surface area contributed by atoms with Crippen molar-refractivity contribution in [3.05, 3.63) is 12.2 Å². The lowest BCUT2D eigenvalue weighted by Crippen LogP contribution is -2.31. The van der Waals surface area contributed by atoms with E-state index in [1.165, 1.54) is 6.40 Å². The molecule has 0 radical (unpaired) electrons. The van der Waals surface area contributed by atoms with Crippen LogP contribution in [0.2, 0.25) is 0 Å². The van der Waals surface area contributed by atoms with Crippen LogP contribution in [-0.2, 0) is 19.2 Å². The second-order valence-electron chi connectivity index (χ2n) is 2.60. The summed E-state index contributed by atoms with van der Waals surface area (Å²) in [5, 5.41) is 0.705. The number of aliphatic imine (C=N–C) groups is 1. The smallest absolute Gasteiger partial charge is 0.277 e. The van der Waals surface area contributed by atoms with Crippen molar-refractivity contribution in [1.82, 2.24) is 5.06 Å². The molecule has 0 unspecified atom stereocenters. The summed E-state index contributed by atoms with van der Waals surface area (Å²) in [5.41, 5.74) is 0. The van der Waals surface area contributed by atoms with Gasteiger partial charge in [-0.1, -0.05) is 0 Å². The van der Waals surface area contributed by atoms with Crippen LogP contribution in [0.15, 0.2) is 17.1 Å². The summed E-state index contributed by atoms with van der Waals surface area (Å²) in [6.07, 6.45) is 3.63. The van der Waals surface area contributed by atoms with Gasteiger partial charge in [0.05, 0.1) is 19.8 Å². The van der Waals surface area contributed by atoms with E-state index in [4.69, 9.17) is 9.57 Å². The molecule has 0 aromatic rings. The number of nitrogens with zero attached hydrogens (tertiary/aromatic N) is 2. The Morgan fingerprint density at radius 2 is 2.07 bits per heavy atom. The fraction of sp³-hybridized carbons (Fsp3) is 0.444. The van der Waals surface area contributed by atoms with Crippen molar-refractivity contribution >= 4 is 18.2 Å². The molecule has 0 bridgehead atoms. The topological polar surface area (TPSA) is 68.2 Å². The largest absolute Gasteiger partial charge is 0.484 e. The summed E-state index contributed by atoms with van der Waals surface area (Å²) in [6, 6.07) is 0. The quantitative estimate of drug-likeness (QED) is 0.267. The van der Waals surface area contributed by atoms with Gasteiger partial charge in [-0.15, -0.1) is 5.06 Å². The molecule has 0 aromatic heterocycles. The van der Waals surface area contributed by atoms with E-state index in [0.29, 0.717) is 18.2 Å². The first-order valence-corrected chi connectivity index (χ1v) is 4.54. The summed E-state index contributed by atoms with van der Waals surface area (Å²) in [7, 11) is 0. The molecule has 2 amide bonds. The minimum atomic E-state index is -0.464. The van der Waals surface area contributed by atoms with Crippen molar-refractivity contribution in [3.8, 4) is 0 Å². The summed E-state index contributed by atoms with van der Waals surface area (Å²) < 4.78 is 4.84. The van der Waals surface area contributed by atoms with Crippen LogP contribution in [0.1, 0.15) is 6.92 Å². The van der Waals surface area contributed by atoms with Crippen LogP contribution in [0.5, 0.6) is 0 Å². The van der Waals surface area contributed by atoms with Crippen LogP contribution < -0.4 is 0 Å². The van der Waals surface area contributed by atoms with Crippen molar-refractivity contribution in [1.29, 1.82) is 0 Å². The third-order valence-corrected chi connectivity index (χ3v) is 1.53. The fourth-order valence-corrected chi connectivity index (χ4v) is 0.879. The zero-order valence-corrected chi connectivity index (χ0v) is 8.38. The second-order valence-corrected chi connectivity index (χ2v) is 2.60. The van der Waals surface area contributed by atoms with E-state index in [1.54, 1.807) is 0 Å². The number of carbonyl (C=O) groups excluding carboxylic acids is 2. The summed E-state index contributed by atoms with van der Waals surface area (Å²) >= 11 is 0. The Bertz CT molecular complexity index is 280. The molecule has 0 aromatic carbocycles. The van der Waals surface area contributed by atoms with Crippen LogP contribution in [0, 0.1) is 0 Å². The number of imide groups is 1. The van der Waals surface area contributed by atoms with Gasteiger partial charge in [0, 0.05) is 12.2 Å². The molecule has 82 valence electrons. The standard InChI is InChI=1S/C9H12N2O4/c1-2-14-7-10-5-6-15-11-8(12)3-4-9(11)13/h3-4,7H,2,5-6H2,1H3. The molecule has 0 atom stereocenters. The maximum absolute atomic E-state index is 11.0. The van der Waals surface area contributed by atoms with Gasteiger partial charge in [0.2, 0.25) is 0 Å². The summed E-state index contributed by atoms with van der Waals surface area (Å²) in [5.74, 6) is -0.928. The van der Waals surface area contributed by atoms with Crippen LogP contribution in [-0.4, -0.2) is 43.0 Å². The van der Waals surface area contributed by atoms with Gasteiger partial charge in [-0.2, -0.15) is 0 Å². The van der Waals surface area contributed by atoms with Crippen molar-refractivity contribution in [2.45, 2.75) is 6.92 Å². The highest BCUT2D eigenvalue weighted by molar-refractivity contribution is 6.11. The maximum Gasteiger partial charge on any atom is 0.277 e. The average molecular weight is 212 g/mol. The van der Waals surface area contributed by atoms with Crippen LogP contribution in [0.3, 0.4) is 0 Å². The normalized spacial score (nSPS) is 15.7. The third-order valence-electron chi connectivity index (χ3n) is 1.53. The van der Waals surface area contributed by atoms with E-state index in [0.717, 1.165) is 12.2 Å². The third kappa shape index (κ3) is 3.51. The Labute approximate surface area is 87.1 Å². The van der Waals surface area contributed by atoms with Crippen LogP contribution >= 0.6 is 0 Å². The molecule has 0 aliphatic carbocycles. The van der Waals surface area contributed by atoms with Gasteiger partial charge in [-0.3, -0.25) is 19.4 Å². The van der Waals surface area contributed by atoms with E-state index in [2.05, 4.69) is 4.99 Å². The lowest BCUT2D eigenvalue weighted by atomic mass is 10.6. The highest BCUT2D eigenvalue weighted by Crippen LogP contribution is 2.03. The predicted molar refractivity (Wildman–Crippen MR) is 51.9 cm³/mol. The van der Waals surface area contributed by atoms with E-state index in [9.17, 15) is 9.59 Å². The lowest BCUT2D eigenvalue weighted by Gasteiger charge is -2.11. The fourth-order valence-electron chi connectivity index (χ4n) is 0.879. The van der Waals surface area contributed by atoms with Crippen molar-refractivity contribution in [3.63, 3.8) is 0 Å². The van der Waals surface area contributed by atoms with Gasteiger partial charge in [0.15, 0.2) is 6.40 Å². The zero-order chi connectivity index (χ0) is 11.1. The SMILES string of the molecule is CCOC=NCCON1C(=O)C=CC1=O. The Hall–Kier alpha value is -1.69. The van der Waals surface area contributed by atoms with E-state index < -0.39 is 11.8 Å². The number of ether oxygens (including phenoxy) is 1. The molecular formula is C9H12N2O4. The molecule has 1 aliphatic heterocycles. The highest BCUT2D eigenvalue weighted by atomic mass is 16.7. The van der Waals surface area contributed by atoms with E-state index in [1.807, 2.05) is 6.92 Å². The van der Waals surface area contributed by atoms with Crippen molar-refractivity contribution in [2.24, 2.45) is 4.99 Å². The Kier molecular flexibility index (Phi) is 4.49. The average Bonchev–Trinajstić information content (AvgIpc) is 2.54. The maximum atomic E-state index is 11.0. The minimum absolute atomic E-state index is 0.155. The number of hydrogen-bond acceptors (Lipinski definition) is 5. The molecule has 1 rings (SSSR count). The molecule has 6 nitrogen and oxygen atoms in total. The molecule has 0 N–H and O–H groups in total. The number of rotatable bonds is 6. The predicted octanol–water partition coefficient (Wildman–Crippen LogP) is -0.0922. The summed E-state index contributed by atoms with van der Waals surface area (Å²) in [6.45, 7) is 2.88. The molecule has 0 fully saturated rings. The van der Waals surface area contributed by atoms with Crippen molar-refractivity contribution in [2.75, 3.05) is 19.8 Å². The number of amides is 2. The summed E-state index contributed by atoms with van der Waals surface area (Å²) in [4.78, 5) is 30.7. The Balaban J connectivity index is 2.15. The molecular weight excluding hydrogens is 200 g/mol.